The number of anilines is 1. The van der Waals surface area contributed by atoms with Crippen LogP contribution in [0.1, 0.15) is 73.1 Å². The maximum absolute atomic E-state index is 13.3. The normalized spacial score (nSPS) is 14.3. The molecule has 0 saturated heterocycles. The van der Waals surface area contributed by atoms with Gasteiger partial charge in [-0.05, 0) is 57.0 Å². The smallest absolute Gasteiger partial charge is 0.277 e. The van der Waals surface area contributed by atoms with Gasteiger partial charge in [-0.2, -0.15) is 0 Å². The van der Waals surface area contributed by atoms with Gasteiger partial charge in [-0.25, -0.2) is 4.68 Å². The van der Waals surface area contributed by atoms with Gasteiger partial charge < -0.3 is 10.2 Å². The Morgan fingerprint density at radius 2 is 1.51 bits per heavy atom. The van der Waals surface area contributed by atoms with E-state index >= 15 is 0 Å². The molecule has 3 aromatic rings. The lowest BCUT2D eigenvalue weighted by atomic mass is 10.1. The van der Waals surface area contributed by atoms with E-state index in [0.717, 1.165) is 49.1 Å². The quantitative estimate of drug-likeness (QED) is 0.487. The number of carbonyl (C=O) groups excluding carboxylic acids is 2. The monoisotopic (exact) mass is 474 g/mol. The van der Waals surface area contributed by atoms with Crippen molar-refractivity contribution in [3.8, 4) is 0 Å². The molecule has 1 aromatic heterocycles. The largest absolute Gasteiger partial charge is 0.372 e. The van der Waals surface area contributed by atoms with Crippen LogP contribution in [0, 0.1) is 0 Å². The van der Waals surface area contributed by atoms with Crippen molar-refractivity contribution in [1.29, 1.82) is 0 Å². The Bertz CT molecular complexity index is 1240. The molecule has 4 rings (SSSR count). The van der Waals surface area contributed by atoms with Gasteiger partial charge in [0.25, 0.3) is 17.4 Å². The number of carbonyl (C=O) groups is 2. The van der Waals surface area contributed by atoms with Crippen LogP contribution in [0.3, 0.4) is 0 Å². The Morgan fingerprint density at radius 3 is 2.14 bits per heavy atom. The lowest BCUT2D eigenvalue weighted by Gasteiger charge is -2.21. The Balaban J connectivity index is 1.61. The highest BCUT2D eigenvalue weighted by Gasteiger charge is 2.20. The van der Waals surface area contributed by atoms with Crippen molar-refractivity contribution < 1.29 is 9.59 Å². The zero-order chi connectivity index (χ0) is 24.8. The molecule has 35 heavy (non-hydrogen) atoms. The number of nitrogens with one attached hydrogen (secondary N) is 2. The molecule has 7 heteroatoms. The fourth-order valence-electron chi connectivity index (χ4n) is 4.83. The maximum atomic E-state index is 13.3. The summed E-state index contributed by atoms with van der Waals surface area (Å²) in [6.45, 7) is 5.92. The average Bonchev–Trinajstić information content (AvgIpc) is 3.15. The zero-order valence-electron chi connectivity index (χ0n) is 20.5. The zero-order valence-corrected chi connectivity index (χ0v) is 20.5. The molecule has 1 heterocycles. The number of benzene rings is 2. The Kier molecular flexibility index (Phi) is 7.85. The van der Waals surface area contributed by atoms with Crippen LogP contribution in [0.4, 0.5) is 5.69 Å². The molecule has 0 bridgehead atoms. The SMILES string of the molecule is CCN(CC)c1ccc(C(=O)Nn2cc(C(=O)NC3CCCCCC3)c3ccccc3c2=O)cc1. The first-order chi connectivity index (χ1) is 17.0. The summed E-state index contributed by atoms with van der Waals surface area (Å²) in [6, 6.07) is 14.4. The van der Waals surface area contributed by atoms with Gasteiger partial charge >= 0.3 is 0 Å². The topological polar surface area (TPSA) is 83.4 Å². The maximum Gasteiger partial charge on any atom is 0.277 e. The Labute approximate surface area is 206 Å². The number of amides is 2. The molecule has 1 fully saturated rings. The summed E-state index contributed by atoms with van der Waals surface area (Å²) in [5.74, 6) is -0.636. The number of hydrogen-bond acceptors (Lipinski definition) is 4. The van der Waals surface area contributed by atoms with E-state index in [1.54, 1.807) is 30.3 Å². The van der Waals surface area contributed by atoms with Crippen molar-refractivity contribution in [2.45, 2.75) is 58.4 Å². The molecule has 184 valence electrons. The molecular formula is C28H34N4O3. The highest BCUT2D eigenvalue weighted by Crippen LogP contribution is 2.20. The third-order valence-corrected chi connectivity index (χ3v) is 6.84. The van der Waals surface area contributed by atoms with Gasteiger partial charge in [0.2, 0.25) is 0 Å². The molecule has 1 aliphatic rings. The van der Waals surface area contributed by atoms with E-state index in [0.29, 0.717) is 21.9 Å². The Hall–Kier alpha value is -3.61. The van der Waals surface area contributed by atoms with Crippen LogP contribution in [0.15, 0.2) is 59.5 Å². The minimum absolute atomic E-state index is 0.128. The number of aromatic nitrogens is 1. The van der Waals surface area contributed by atoms with Crippen LogP contribution in [-0.2, 0) is 0 Å². The van der Waals surface area contributed by atoms with Crippen LogP contribution >= 0.6 is 0 Å². The molecule has 0 radical (unpaired) electrons. The summed E-state index contributed by atoms with van der Waals surface area (Å²) in [4.78, 5) is 41.6. The van der Waals surface area contributed by atoms with Crippen LogP contribution in [0.5, 0.6) is 0 Å². The summed E-state index contributed by atoms with van der Waals surface area (Å²) in [7, 11) is 0. The molecule has 0 atom stereocenters. The van der Waals surface area contributed by atoms with E-state index in [-0.39, 0.29) is 17.5 Å². The number of fused-ring (bicyclic) bond motifs is 1. The van der Waals surface area contributed by atoms with Gasteiger partial charge in [-0.1, -0.05) is 43.9 Å². The summed E-state index contributed by atoms with van der Waals surface area (Å²) in [5.41, 5.74) is 4.15. The Morgan fingerprint density at radius 1 is 0.886 bits per heavy atom. The van der Waals surface area contributed by atoms with E-state index in [1.807, 2.05) is 18.2 Å². The van der Waals surface area contributed by atoms with Crippen molar-refractivity contribution in [2.24, 2.45) is 0 Å². The van der Waals surface area contributed by atoms with E-state index < -0.39 is 5.91 Å². The van der Waals surface area contributed by atoms with Crippen molar-refractivity contribution in [3.63, 3.8) is 0 Å². The standard InChI is InChI=1S/C28H34N4O3/c1-3-31(4-2)22-17-15-20(16-18-22)26(33)30-32-19-25(23-13-9-10-14-24(23)28(32)35)27(34)29-21-11-7-5-6-8-12-21/h9-10,13-19,21H,3-8,11-12H2,1-2H3,(H,29,34)(H,30,33). The number of hydrogen-bond donors (Lipinski definition) is 2. The molecule has 2 aromatic carbocycles. The van der Waals surface area contributed by atoms with Gasteiger partial charge in [0, 0.05) is 47.4 Å². The second kappa shape index (κ2) is 11.2. The van der Waals surface area contributed by atoms with Crippen LogP contribution in [0.2, 0.25) is 0 Å². The predicted octanol–water partition coefficient (Wildman–Crippen LogP) is 4.68. The first-order valence-electron chi connectivity index (χ1n) is 12.6. The minimum Gasteiger partial charge on any atom is -0.372 e. The highest BCUT2D eigenvalue weighted by molar-refractivity contribution is 6.07. The first-order valence-corrected chi connectivity index (χ1v) is 12.6. The molecule has 1 aliphatic carbocycles. The fraction of sp³-hybridized carbons (Fsp3) is 0.393. The van der Waals surface area contributed by atoms with Crippen LogP contribution in [-0.4, -0.2) is 35.6 Å². The predicted molar refractivity (Wildman–Crippen MR) is 141 cm³/mol. The third kappa shape index (κ3) is 5.56. The van der Waals surface area contributed by atoms with Crippen molar-refractivity contribution in [2.75, 3.05) is 23.4 Å². The van der Waals surface area contributed by atoms with Crippen LogP contribution < -0.4 is 21.2 Å². The minimum atomic E-state index is -0.413. The van der Waals surface area contributed by atoms with E-state index in [4.69, 9.17) is 0 Å². The first kappa shape index (κ1) is 24.5. The van der Waals surface area contributed by atoms with Gasteiger partial charge in [0.15, 0.2) is 0 Å². The van der Waals surface area contributed by atoms with Gasteiger partial charge in [0.05, 0.1) is 5.56 Å². The molecule has 1 saturated carbocycles. The second-order valence-electron chi connectivity index (χ2n) is 9.09. The van der Waals surface area contributed by atoms with E-state index in [1.165, 1.54) is 19.0 Å². The third-order valence-electron chi connectivity index (χ3n) is 6.84. The van der Waals surface area contributed by atoms with Gasteiger partial charge in [-0.15, -0.1) is 0 Å². The second-order valence-corrected chi connectivity index (χ2v) is 9.09. The highest BCUT2D eigenvalue weighted by atomic mass is 16.2. The average molecular weight is 475 g/mol. The van der Waals surface area contributed by atoms with Gasteiger partial charge in [-0.3, -0.25) is 19.8 Å². The number of pyridine rings is 1. The fourth-order valence-corrected chi connectivity index (χ4v) is 4.83. The van der Waals surface area contributed by atoms with Crippen LogP contribution in [0.25, 0.3) is 10.8 Å². The van der Waals surface area contributed by atoms with Gasteiger partial charge in [0.1, 0.15) is 0 Å². The summed E-state index contributed by atoms with van der Waals surface area (Å²) >= 11 is 0. The van der Waals surface area contributed by atoms with Crippen molar-refractivity contribution >= 4 is 28.3 Å². The summed E-state index contributed by atoms with van der Waals surface area (Å²) < 4.78 is 1.13. The molecule has 2 N–H and O–H groups in total. The molecule has 0 aliphatic heterocycles. The number of rotatable bonds is 7. The van der Waals surface area contributed by atoms with Crippen molar-refractivity contribution in [3.05, 3.63) is 76.2 Å². The van der Waals surface area contributed by atoms with E-state index in [2.05, 4.69) is 29.5 Å². The molecular weight excluding hydrogens is 440 g/mol. The van der Waals surface area contributed by atoms with Crippen molar-refractivity contribution in [1.82, 2.24) is 9.99 Å². The molecule has 2 amide bonds. The summed E-state index contributed by atoms with van der Waals surface area (Å²) in [6.07, 6.45) is 7.97. The molecule has 7 nitrogen and oxygen atoms in total. The lowest BCUT2D eigenvalue weighted by Crippen LogP contribution is -2.37. The van der Waals surface area contributed by atoms with E-state index in [9.17, 15) is 14.4 Å². The molecule has 0 spiro atoms. The summed E-state index contributed by atoms with van der Waals surface area (Å²) in [5, 5.41) is 4.12. The number of nitrogens with zero attached hydrogens (tertiary/aromatic N) is 2. The molecule has 0 unspecified atom stereocenters. The lowest BCUT2D eigenvalue weighted by molar-refractivity contribution is 0.0932.